The van der Waals surface area contributed by atoms with Crippen molar-refractivity contribution in [3.05, 3.63) is 29.8 Å². The summed E-state index contributed by atoms with van der Waals surface area (Å²) in [6.07, 6.45) is -4.42. The van der Waals surface area contributed by atoms with Crippen molar-refractivity contribution in [3.8, 4) is 0 Å². The van der Waals surface area contributed by atoms with E-state index in [0.29, 0.717) is 0 Å². The molecule has 0 aromatic heterocycles. The van der Waals surface area contributed by atoms with E-state index in [4.69, 9.17) is 4.74 Å². The number of anilines is 1. The smallest absolute Gasteiger partial charge is 0.418 e. The number of rotatable bonds is 5. The van der Waals surface area contributed by atoms with Crippen molar-refractivity contribution in [2.45, 2.75) is 20.0 Å². The first-order valence-electron chi connectivity index (χ1n) is 5.93. The highest BCUT2D eigenvalue weighted by Gasteiger charge is 2.33. The molecule has 1 N–H and O–H groups in total. The fourth-order valence-electron chi connectivity index (χ4n) is 1.52. The number of ether oxygens (including phenoxy) is 1. The molecule has 1 atom stereocenters. The molecule has 19 heavy (non-hydrogen) atoms. The second kappa shape index (κ2) is 6.45. The SMILES string of the molecule is CCOC(=O)C(C)CNc1ccccc1C(F)(F)F. The number of para-hydroxylation sites is 1. The van der Waals surface area contributed by atoms with Crippen LogP contribution in [0.1, 0.15) is 19.4 Å². The lowest BCUT2D eigenvalue weighted by atomic mass is 10.1. The Balaban J connectivity index is 2.71. The predicted molar refractivity (Wildman–Crippen MR) is 65.7 cm³/mol. The first-order valence-corrected chi connectivity index (χ1v) is 5.93. The van der Waals surface area contributed by atoms with Crippen molar-refractivity contribution in [1.29, 1.82) is 0 Å². The predicted octanol–water partition coefficient (Wildman–Crippen LogP) is 3.32. The molecule has 6 heteroatoms. The number of halogens is 3. The van der Waals surface area contributed by atoms with Crippen LogP contribution in [0.3, 0.4) is 0 Å². The summed E-state index contributed by atoms with van der Waals surface area (Å²) in [5.74, 6) is -0.944. The average Bonchev–Trinajstić information content (AvgIpc) is 2.35. The maximum atomic E-state index is 12.7. The lowest BCUT2D eigenvalue weighted by molar-refractivity contribution is -0.146. The van der Waals surface area contributed by atoms with E-state index in [2.05, 4.69) is 5.32 Å². The number of hydrogen-bond acceptors (Lipinski definition) is 3. The summed E-state index contributed by atoms with van der Waals surface area (Å²) in [6, 6.07) is 5.16. The molecular formula is C13H16F3NO2. The highest BCUT2D eigenvalue weighted by molar-refractivity contribution is 5.72. The van der Waals surface area contributed by atoms with Gasteiger partial charge in [-0.25, -0.2) is 0 Å². The third-order valence-electron chi connectivity index (χ3n) is 2.52. The molecule has 106 valence electrons. The van der Waals surface area contributed by atoms with E-state index in [1.165, 1.54) is 18.2 Å². The van der Waals surface area contributed by atoms with Gasteiger partial charge in [-0.05, 0) is 19.1 Å². The van der Waals surface area contributed by atoms with E-state index < -0.39 is 23.6 Å². The fourth-order valence-corrected chi connectivity index (χ4v) is 1.52. The molecule has 0 aliphatic carbocycles. The number of esters is 1. The van der Waals surface area contributed by atoms with Crippen LogP contribution in [0.5, 0.6) is 0 Å². The van der Waals surface area contributed by atoms with Crippen molar-refractivity contribution in [2.24, 2.45) is 5.92 Å². The highest BCUT2D eigenvalue weighted by Crippen LogP contribution is 2.34. The maximum absolute atomic E-state index is 12.7. The molecule has 0 radical (unpaired) electrons. The first-order chi connectivity index (χ1) is 8.86. The molecule has 1 aromatic carbocycles. The monoisotopic (exact) mass is 275 g/mol. The van der Waals surface area contributed by atoms with Crippen LogP contribution in [0.15, 0.2) is 24.3 Å². The lowest BCUT2D eigenvalue weighted by Gasteiger charge is -2.16. The van der Waals surface area contributed by atoms with Gasteiger partial charge in [0, 0.05) is 12.2 Å². The summed E-state index contributed by atoms with van der Waals surface area (Å²) >= 11 is 0. The fraction of sp³-hybridized carbons (Fsp3) is 0.462. The largest absolute Gasteiger partial charge is 0.466 e. The van der Waals surface area contributed by atoms with Gasteiger partial charge < -0.3 is 10.1 Å². The number of alkyl halides is 3. The van der Waals surface area contributed by atoms with Gasteiger partial charge in [-0.1, -0.05) is 19.1 Å². The summed E-state index contributed by atoms with van der Waals surface area (Å²) in [7, 11) is 0. The first kappa shape index (κ1) is 15.3. The molecule has 1 rings (SSSR count). The van der Waals surface area contributed by atoms with Gasteiger partial charge in [-0.3, -0.25) is 4.79 Å². The number of carbonyl (C=O) groups is 1. The molecule has 3 nitrogen and oxygen atoms in total. The Morgan fingerprint density at radius 1 is 1.37 bits per heavy atom. The molecule has 0 aliphatic rings. The van der Waals surface area contributed by atoms with Crippen molar-refractivity contribution in [1.82, 2.24) is 0 Å². The van der Waals surface area contributed by atoms with Crippen molar-refractivity contribution >= 4 is 11.7 Å². The van der Waals surface area contributed by atoms with Crippen LogP contribution in [-0.4, -0.2) is 19.1 Å². The van der Waals surface area contributed by atoms with Crippen LogP contribution in [0.4, 0.5) is 18.9 Å². The molecule has 1 aromatic rings. The molecule has 0 amide bonds. The van der Waals surface area contributed by atoms with Crippen LogP contribution >= 0.6 is 0 Å². The Morgan fingerprint density at radius 3 is 2.58 bits per heavy atom. The Bertz CT molecular complexity index is 432. The Morgan fingerprint density at radius 2 is 2.00 bits per heavy atom. The minimum atomic E-state index is -4.42. The molecule has 0 fully saturated rings. The van der Waals surface area contributed by atoms with E-state index in [0.717, 1.165) is 6.07 Å². The normalized spacial score (nSPS) is 12.9. The highest BCUT2D eigenvalue weighted by atomic mass is 19.4. The summed E-state index contributed by atoms with van der Waals surface area (Å²) in [5.41, 5.74) is -0.780. The zero-order valence-corrected chi connectivity index (χ0v) is 10.8. The average molecular weight is 275 g/mol. The van der Waals surface area contributed by atoms with Gasteiger partial charge in [0.1, 0.15) is 0 Å². The van der Waals surface area contributed by atoms with Gasteiger partial charge in [0.15, 0.2) is 0 Å². The molecule has 0 saturated carbocycles. The van der Waals surface area contributed by atoms with Crippen LogP contribution in [-0.2, 0) is 15.7 Å². The van der Waals surface area contributed by atoms with Crippen LogP contribution in [0.25, 0.3) is 0 Å². The number of hydrogen-bond donors (Lipinski definition) is 1. The third kappa shape index (κ3) is 4.46. The second-order valence-corrected chi connectivity index (χ2v) is 4.08. The summed E-state index contributed by atoms with van der Waals surface area (Å²) < 4.78 is 42.9. The summed E-state index contributed by atoms with van der Waals surface area (Å²) in [4.78, 5) is 11.4. The number of nitrogens with one attached hydrogen (secondary N) is 1. The van der Waals surface area contributed by atoms with E-state index >= 15 is 0 Å². The molecule has 0 aliphatic heterocycles. The third-order valence-corrected chi connectivity index (χ3v) is 2.52. The number of benzene rings is 1. The van der Waals surface area contributed by atoms with E-state index in [-0.39, 0.29) is 18.8 Å². The standard InChI is InChI=1S/C13H16F3NO2/c1-3-19-12(18)9(2)8-17-11-7-5-4-6-10(11)13(14,15)16/h4-7,9,17H,3,8H2,1-2H3. The van der Waals surface area contributed by atoms with Gasteiger partial charge in [0.05, 0.1) is 18.1 Å². The summed E-state index contributed by atoms with van der Waals surface area (Å²) in [5, 5.41) is 2.64. The topological polar surface area (TPSA) is 38.3 Å². The zero-order chi connectivity index (χ0) is 14.5. The Hall–Kier alpha value is -1.72. The lowest BCUT2D eigenvalue weighted by Crippen LogP contribution is -2.23. The number of carbonyl (C=O) groups excluding carboxylic acids is 1. The van der Waals surface area contributed by atoms with Crippen LogP contribution < -0.4 is 5.32 Å². The van der Waals surface area contributed by atoms with Gasteiger partial charge in [-0.2, -0.15) is 13.2 Å². The van der Waals surface area contributed by atoms with Crippen molar-refractivity contribution < 1.29 is 22.7 Å². The van der Waals surface area contributed by atoms with Crippen molar-refractivity contribution in [3.63, 3.8) is 0 Å². The van der Waals surface area contributed by atoms with Crippen LogP contribution in [0.2, 0.25) is 0 Å². The van der Waals surface area contributed by atoms with Crippen molar-refractivity contribution in [2.75, 3.05) is 18.5 Å². The molecule has 0 heterocycles. The maximum Gasteiger partial charge on any atom is 0.418 e. The van der Waals surface area contributed by atoms with E-state index in [1.54, 1.807) is 13.8 Å². The van der Waals surface area contributed by atoms with Gasteiger partial charge in [0.2, 0.25) is 0 Å². The Labute approximate surface area is 109 Å². The molecule has 0 bridgehead atoms. The molecule has 1 unspecified atom stereocenters. The molecular weight excluding hydrogens is 259 g/mol. The minimum absolute atomic E-state index is 0.0360. The quantitative estimate of drug-likeness (QED) is 0.838. The van der Waals surface area contributed by atoms with E-state index in [9.17, 15) is 18.0 Å². The molecule has 0 spiro atoms. The van der Waals surface area contributed by atoms with Gasteiger partial charge in [0.25, 0.3) is 0 Å². The van der Waals surface area contributed by atoms with Gasteiger partial charge >= 0.3 is 12.1 Å². The van der Waals surface area contributed by atoms with Gasteiger partial charge in [-0.15, -0.1) is 0 Å². The van der Waals surface area contributed by atoms with E-state index in [1.807, 2.05) is 0 Å². The Kier molecular flexibility index (Phi) is 5.20. The molecule has 0 saturated heterocycles. The second-order valence-electron chi connectivity index (χ2n) is 4.08. The zero-order valence-electron chi connectivity index (χ0n) is 10.8. The minimum Gasteiger partial charge on any atom is -0.466 e. The van der Waals surface area contributed by atoms with Crippen LogP contribution in [0, 0.1) is 5.92 Å². The summed E-state index contributed by atoms with van der Waals surface area (Å²) in [6.45, 7) is 3.62.